The van der Waals surface area contributed by atoms with E-state index in [1.54, 1.807) is 16.4 Å². The summed E-state index contributed by atoms with van der Waals surface area (Å²) in [5.41, 5.74) is 1.06. The van der Waals surface area contributed by atoms with E-state index >= 15 is 0 Å². The number of likely N-dealkylation sites (tertiary alicyclic amines) is 1. The van der Waals surface area contributed by atoms with Crippen molar-refractivity contribution in [1.82, 2.24) is 14.5 Å². The lowest BCUT2D eigenvalue weighted by molar-refractivity contribution is 0.300. The first-order chi connectivity index (χ1) is 12.5. The van der Waals surface area contributed by atoms with Crippen molar-refractivity contribution in [3.63, 3.8) is 0 Å². The van der Waals surface area contributed by atoms with E-state index in [0.29, 0.717) is 18.0 Å². The standard InChI is InChI=1S/C19H29N3O2S2/c1-16-6-8-18(9-7-16)26(23,24)22-14-10-17(11-15-22)20-19(25)21-12-4-2-3-5-13-21/h6-9,17H,2-5,10-15H2,1H3,(H,20,25). The van der Waals surface area contributed by atoms with Crippen LogP contribution in [0.5, 0.6) is 0 Å². The highest BCUT2D eigenvalue weighted by molar-refractivity contribution is 7.89. The van der Waals surface area contributed by atoms with E-state index in [-0.39, 0.29) is 6.04 Å². The molecule has 5 nitrogen and oxygen atoms in total. The Morgan fingerprint density at radius 2 is 1.58 bits per heavy atom. The van der Waals surface area contributed by atoms with Crippen LogP contribution in [0.2, 0.25) is 0 Å². The predicted molar refractivity (Wildman–Crippen MR) is 109 cm³/mol. The molecule has 2 aliphatic heterocycles. The summed E-state index contributed by atoms with van der Waals surface area (Å²) in [6, 6.07) is 7.35. The molecule has 2 heterocycles. The molecule has 0 radical (unpaired) electrons. The van der Waals surface area contributed by atoms with Gasteiger partial charge in [-0.25, -0.2) is 8.42 Å². The van der Waals surface area contributed by atoms with Crippen LogP contribution in [-0.4, -0.2) is 55.0 Å². The normalized spacial score (nSPS) is 20.6. The molecular weight excluding hydrogens is 366 g/mol. The third-order valence-corrected chi connectivity index (χ3v) is 7.62. The van der Waals surface area contributed by atoms with E-state index in [1.165, 1.54) is 25.7 Å². The molecule has 0 aromatic heterocycles. The van der Waals surface area contributed by atoms with E-state index < -0.39 is 10.0 Å². The van der Waals surface area contributed by atoms with Gasteiger partial charge in [-0.05, 0) is 57.0 Å². The molecule has 3 rings (SSSR count). The Kier molecular flexibility index (Phi) is 6.53. The van der Waals surface area contributed by atoms with Gasteiger partial charge in [-0.15, -0.1) is 0 Å². The molecule has 0 aliphatic carbocycles. The maximum absolute atomic E-state index is 12.8. The van der Waals surface area contributed by atoms with Gasteiger partial charge in [-0.3, -0.25) is 0 Å². The summed E-state index contributed by atoms with van der Waals surface area (Å²) >= 11 is 5.59. The van der Waals surface area contributed by atoms with Crippen molar-refractivity contribution in [3.05, 3.63) is 29.8 Å². The van der Waals surface area contributed by atoms with E-state index in [9.17, 15) is 8.42 Å². The third-order valence-electron chi connectivity index (χ3n) is 5.33. The molecule has 2 fully saturated rings. The van der Waals surface area contributed by atoms with Gasteiger partial charge in [0.1, 0.15) is 0 Å². The van der Waals surface area contributed by atoms with E-state index in [4.69, 9.17) is 12.2 Å². The van der Waals surface area contributed by atoms with Crippen molar-refractivity contribution in [2.75, 3.05) is 26.2 Å². The first-order valence-corrected chi connectivity index (χ1v) is 11.4. The molecule has 0 saturated carbocycles. The van der Waals surface area contributed by atoms with Gasteiger partial charge in [0.2, 0.25) is 10.0 Å². The lowest BCUT2D eigenvalue weighted by Gasteiger charge is -2.34. The molecule has 144 valence electrons. The van der Waals surface area contributed by atoms with Crippen LogP contribution in [0.25, 0.3) is 0 Å². The van der Waals surface area contributed by atoms with Gasteiger partial charge in [0.15, 0.2) is 5.11 Å². The molecule has 0 unspecified atom stereocenters. The van der Waals surface area contributed by atoms with Gasteiger partial charge in [0.25, 0.3) is 0 Å². The van der Waals surface area contributed by atoms with Crippen LogP contribution in [0, 0.1) is 6.92 Å². The first-order valence-electron chi connectivity index (χ1n) is 9.59. The van der Waals surface area contributed by atoms with Crippen molar-refractivity contribution < 1.29 is 8.42 Å². The number of sulfonamides is 1. The maximum Gasteiger partial charge on any atom is 0.243 e. The van der Waals surface area contributed by atoms with Crippen LogP contribution in [0.1, 0.15) is 44.1 Å². The molecule has 0 spiro atoms. The van der Waals surface area contributed by atoms with Gasteiger partial charge < -0.3 is 10.2 Å². The van der Waals surface area contributed by atoms with Gasteiger partial charge >= 0.3 is 0 Å². The molecule has 1 aromatic carbocycles. The predicted octanol–water partition coefficient (Wildman–Crippen LogP) is 2.90. The van der Waals surface area contributed by atoms with Crippen LogP contribution < -0.4 is 5.32 Å². The van der Waals surface area contributed by atoms with Crippen molar-refractivity contribution >= 4 is 27.4 Å². The summed E-state index contributed by atoms with van der Waals surface area (Å²) in [7, 11) is -3.39. The molecule has 2 saturated heterocycles. The average molecular weight is 396 g/mol. The Hall–Kier alpha value is -1.18. The van der Waals surface area contributed by atoms with E-state index in [0.717, 1.165) is 36.6 Å². The SMILES string of the molecule is Cc1ccc(S(=O)(=O)N2CCC(NC(=S)N3CCCCCC3)CC2)cc1. The Labute approximate surface area is 162 Å². The first kappa shape index (κ1) is 19.6. The highest BCUT2D eigenvalue weighted by Crippen LogP contribution is 2.21. The second kappa shape index (κ2) is 8.67. The Balaban J connectivity index is 1.53. The van der Waals surface area contributed by atoms with Crippen molar-refractivity contribution in [3.8, 4) is 0 Å². The highest BCUT2D eigenvalue weighted by atomic mass is 32.2. The fourth-order valence-corrected chi connectivity index (χ4v) is 5.46. The average Bonchev–Trinajstić information content (AvgIpc) is 2.92. The summed E-state index contributed by atoms with van der Waals surface area (Å²) in [6.45, 7) is 5.10. The van der Waals surface area contributed by atoms with Crippen LogP contribution in [0.4, 0.5) is 0 Å². The van der Waals surface area contributed by atoms with Crippen LogP contribution in [0.15, 0.2) is 29.2 Å². The molecule has 7 heteroatoms. The van der Waals surface area contributed by atoms with Crippen LogP contribution >= 0.6 is 12.2 Å². The highest BCUT2D eigenvalue weighted by Gasteiger charge is 2.30. The lowest BCUT2D eigenvalue weighted by atomic mass is 10.1. The summed E-state index contributed by atoms with van der Waals surface area (Å²) in [5, 5.41) is 4.31. The molecule has 1 aromatic rings. The second-order valence-corrected chi connectivity index (χ2v) is 9.67. The molecule has 2 aliphatic rings. The number of nitrogens with zero attached hydrogens (tertiary/aromatic N) is 2. The van der Waals surface area contributed by atoms with E-state index in [2.05, 4.69) is 10.2 Å². The number of piperidine rings is 1. The van der Waals surface area contributed by atoms with Gasteiger partial charge in [0, 0.05) is 32.2 Å². The lowest BCUT2D eigenvalue weighted by Crippen LogP contribution is -2.50. The summed E-state index contributed by atoms with van der Waals surface area (Å²) in [6.07, 6.45) is 6.56. The van der Waals surface area contributed by atoms with Crippen molar-refractivity contribution in [1.29, 1.82) is 0 Å². The number of hydrogen-bond acceptors (Lipinski definition) is 3. The molecular formula is C19H29N3O2S2. The Morgan fingerprint density at radius 3 is 2.15 bits per heavy atom. The Bertz CT molecular complexity index is 703. The maximum atomic E-state index is 12.8. The molecule has 0 amide bonds. The monoisotopic (exact) mass is 395 g/mol. The third kappa shape index (κ3) is 4.75. The Morgan fingerprint density at radius 1 is 1.00 bits per heavy atom. The summed E-state index contributed by atoms with van der Waals surface area (Å²) in [5.74, 6) is 0. The van der Waals surface area contributed by atoms with Crippen molar-refractivity contribution in [2.45, 2.75) is 56.4 Å². The topological polar surface area (TPSA) is 52.7 Å². The zero-order valence-corrected chi connectivity index (χ0v) is 17.1. The zero-order valence-electron chi connectivity index (χ0n) is 15.5. The van der Waals surface area contributed by atoms with Crippen LogP contribution in [-0.2, 0) is 10.0 Å². The minimum atomic E-state index is -3.39. The number of hydrogen-bond donors (Lipinski definition) is 1. The van der Waals surface area contributed by atoms with Crippen LogP contribution in [0.3, 0.4) is 0 Å². The number of rotatable bonds is 3. The second-order valence-electron chi connectivity index (χ2n) is 7.34. The largest absolute Gasteiger partial charge is 0.360 e. The summed E-state index contributed by atoms with van der Waals surface area (Å²) < 4.78 is 27.2. The molecule has 0 atom stereocenters. The molecule has 26 heavy (non-hydrogen) atoms. The smallest absolute Gasteiger partial charge is 0.243 e. The van der Waals surface area contributed by atoms with Crippen molar-refractivity contribution in [2.24, 2.45) is 0 Å². The number of thiocarbonyl (C=S) groups is 1. The van der Waals surface area contributed by atoms with Gasteiger partial charge in [0.05, 0.1) is 4.90 Å². The minimum absolute atomic E-state index is 0.259. The number of benzene rings is 1. The quantitative estimate of drug-likeness (QED) is 0.798. The number of aryl methyl sites for hydroxylation is 1. The minimum Gasteiger partial charge on any atom is -0.360 e. The molecule has 0 bridgehead atoms. The number of nitrogens with one attached hydrogen (secondary N) is 1. The fourth-order valence-electron chi connectivity index (χ4n) is 3.64. The van der Waals surface area contributed by atoms with Gasteiger partial charge in [-0.1, -0.05) is 30.5 Å². The van der Waals surface area contributed by atoms with E-state index in [1.807, 2.05) is 19.1 Å². The molecule has 1 N–H and O–H groups in total. The zero-order chi connectivity index (χ0) is 18.6. The summed E-state index contributed by atoms with van der Waals surface area (Å²) in [4.78, 5) is 2.66. The van der Waals surface area contributed by atoms with Gasteiger partial charge in [-0.2, -0.15) is 4.31 Å². The fraction of sp³-hybridized carbons (Fsp3) is 0.632.